The normalized spacial score (nSPS) is 12.5. The summed E-state index contributed by atoms with van der Waals surface area (Å²) in [5.41, 5.74) is -0.217. The molecule has 2 N–H and O–H groups in total. The predicted octanol–water partition coefficient (Wildman–Crippen LogP) is 1.20. The highest BCUT2D eigenvalue weighted by Crippen LogP contribution is 2.01. The van der Waals surface area contributed by atoms with Crippen molar-refractivity contribution in [1.82, 2.24) is 9.97 Å². The van der Waals surface area contributed by atoms with Gasteiger partial charge in [-0.1, -0.05) is 6.92 Å². The van der Waals surface area contributed by atoms with Gasteiger partial charge in [0.2, 0.25) is 0 Å². The summed E-state index contributed by atoms with van der Waals surface area (Å²) in [6.07, 6.45) is 3.89. The minimum Gasteiger partial charge on any atom is -0.362 e. The average Bonchev–Trinajstić information content (AvgIpc) is 2.17. The first-order valence-electron chi connectivity index (χ1n) is 4.14. The quantitative estimate of drug-likeness (QED) is 0.720. The molecule has 5 heteroatoms. The number of rotatable bonds is 4. The molecule has 0 amide bonds. The maximum Gasteiger partial charge on any atom is 0.290 e. The standard InChI is InChI=1S/C8H12ClN3O/c1-2-6(5-9)12-7-8(13)11-4-3-10-7/h3-4,6H,2,5H2,1H3,(H,10,12)(H,11,13). The lowest BCUT2D eigenvalue weighted by atomic mass is 10.2. The van der Waals surface area contributed by atoms with Crippen LogP contribution in [0.15, 0.2) is 17.2 Å². The molecule has 0 aliphatic carbocycles. The highest BCUT2D eigenvalue weighted by atomic mass is 35.5. The molecule has 1 unspecified atom stereocenters. The number of alkyl halides is 1. The molecule has 1 rings (SSSR count). The molecule has 4 nitrogen and oxygen atoms in total. The van der Waals surface area contributed by atoms with Crippen molar-refractivity contribution in [2.24, 2.45) is 0 Å². The summed E-state index contributed by atoms with van der Waals surface area (Å²) >= 11 is 5.67. The summed E-state index contributed by atoms with van der Waals surface area (Å²) in [5, 5.41) is 2.96. The highest BCUT2D eigenvalue weighted by molar-refractivity contribution is 6.18. The van der Waals surface area contributed by atoms with Crippen LogP contribution in [-0.4, -0.2) is 21.9 Å². The minimum atomic E-state index is -0.217. The molecule has 1 heterocycles. The number of nitrogens with zero attached hydrogens (tertiary/aromatic N) is 1. The third-order valence-electron chi connectivity index (χ3n) is 1.73. The number of anilines is 1. The molecule has 1 aromatic rings. The molecule has 72 valence electrons. The second-order valence-corrected chi connectivity index (χ2v) is 2.98. The van der Waals surface area contributed by atoms with Gasteiger partial charge in [-0.25, -0.2) is 4.98 Å². The monoisotopic (exact) mass is 201 g/mol. The summed E-state index contributed by atoms with van der Waals surface area (Å²) in [6, 6.07) is 0.0951. The minimum absolute atomic E-state index is 0.0951. The number of hydrogen-bond acceptors (Lipinski definition) is 3. The van der Waals surface area contributed by atoms with E-state index in [0.717, 1.165) is 6.42 Å². The van der Waals surface area contributed by atoms with Crippen LogP contribution in [0.2, 0.25) is 0 Å². The van der Waals surface area contributed by atoms with Crippen molar-refractivity contribution in [2.75, 3.05) is 11.2 Å². The zero-order chi connectivity index (χ0) is 9.68. The number of hydrogen-bond donors (Lipinski definition) is 2. The van der Waals surface area contributed by atoms with Gasteiger partial charge in [-0.2, -0.15) is 0 Å². The van der Waals surface area contributed by atoms with E-state index in [9.17, 15) is 4.79 Å². The zero-order valence-electron chi connectivity index (χ0n) is 7.38. The Morgan fingerprint density at radius 2 is 2.54 bits per heavy atom. The molecule has 0 bridgehead atoms. The van der Waals surface area contributed by atoms with Crippen LogP contribution >= 0.6 is 11.6 Å². The van der Waals surface area contributed by atoms with Gasteiger partial charge < -0.3 is 10.3 Å². The lowest BCUT2D eigenvalue weighted by molar-refractivity contribution is 0.762. The van der Waals surface area contributed by atoms with Crippen LogP contribution in [0.1, 0.15) is 13.3 Å². The molecule has 0 saturated heterocycles. The first-order valence-corrected chi connectivity index (χ1v) is 4.67. The van der Waals surface area contributed by atoms with Crippen LogP contribution < -0.4 is 10.9 Å². The first-order chi connectivity index (χ1) is 6.27. The second-order valence-electron chi connectivity index (χ2n) is 2.67. The number of aromatic amines is 1. The maximum atomic E-state index is 11.2. The molecule has 0 saturated carbocycles. The summed E-state index contributed by atoms with van der Waals surface area (Å²) in [7, 11) is 0. The Kier molecular flexibility index (Phi) is 3.76. The van der Waals surface area contributed by atoms with E-state index >= 15 is 0 Å². The molecule has 0 aromatic carbocycles. The van der Waals surface area contributed by atoms with Gasteiger partial charge in [0.05, 0.1) is 0 Å². The topological polar surface area (TPSA) is 57.8 Å². The smallest absolute Gasteiger partial charge is 0.290 e. The van der Waals surface area contributed by atoms with E-state index in [1.807, 2.05) is 6.92 Å². The van der Waals surface area contributed by atoms with E-state index in [4.69, 9.17) is 11.6 Å². The van der Waals surface area contributed by atoms with Crippen LogP contribution in [0.5, 0.6) is 0 Å². The molecule has 0 fully saturated rings. The average molecular weight is 202 g/mol. The molecule has 0 radical (unpaired) electrons. The van der Waals surface area contributed by atoms with Crippen molar-refractivity contribution in [3.05, 3.63) is 22.7 Å². The van der Waals surface area contributed by atoms with E-state index in [1.54, 1.807) is 0 Å². The lowest BCUT2D eigenvalue weighted by Crippen LogP contribution is -2.25. The first kappa shape index (κ1) is 10.1. The van der Waals surface area contributed by atoms with E-state index in [2.05, 4.69) is 15.3 Å². The Labute approximate surface area is 81.3 Å². The summed E-state index contributed by atoms with van der Waals surface area (Å²) < 4.78 is 0. The lowest BCUT2D eigenvalue weighted by Gasteiger charge is -2.12. The number of nitrogens with one attached hydrogen (secondary N) is 2. The molecular formula is C8H12ClN3O. The number of halogens is 1. The second kappa shape index (κ2) is 4.87. The maximum absolute atomic E-state index is 11.2. The molecular weight excluding hydrogens is 190 g/mol. The highest BCUT2D eigenvalue weighted by Gasteiger charge is 2.06. The van der Waals surface area contributed by atoms with Gasteiger partial charge in [-0.05, 0) is 6.42 Å². The van der Waals surface area contributed by atoms with Gasteiger partial charge in [0.25, 0.3) is 5.56 Å². The Bertz CT molecular complexity index is 308. The van der Waals surface area contributed by atoms with Gasteiger partial charge in [-0.3, -0.25) is 4.79 Å². The zero-order valence-corrected chi connectivity index (χ0v) is 8.14. The van der Waals surface area contributed by atoms with Crippen molar-refractivity contribution in [3.63, 3.8) is 0 Å². The molecule has 1 aromatic heterocycles. The van der Waals surface area contributed by atoms with E-state index in [1.165, 1.54) is 12.4 Å². The van der Waals surface area contributed by atoms with Crippen molar-refractivity contribution >= 4 is 17.4 Å². The fraction of sp³-hybridized carbons (Fsp3) is 0.500. The van der Waals surface area contributed by atoms with Gasteiger partial charge in [0, 0.05) is 24.3 Å². The summed E-state index contributed by atoms with van der Waals surface area (Å²) in [6.45, 7) is 2.00. The third-order valence-corrected chi connectivity index (χ3v) is 2.10. The molecule has 1 atom stereocenters. The van der Waals surface area contributed by atoms with E-state index in [0.29, 0.717) is 11.7 Å². The largest absolute Gasteiger partial charge is 0.362 e. The Balaban J connectivity index is 2.73. The number of H-pyrrole nitrogens is 1. The van der Waals surface area contributed by atoms with Gasteiger partial charge in [0.1, 0.15) is 0 Å². The van der Waals surface area contributed by atoms with E-state index in [-0.39, 0.29) is 11.6 Å². The fourth-order valence-corrected chi connectivity index (χ4v) is 1.19. The Morgan fingerprint density at radius 1 is 1.77 bits per heavy atom. The SMILES string of the molecule is CCC(CCl)Nc1ncc[nH]c1=O. The van der Waals surface area contributed by atoms with Crippen LogP contribution in [0.25, 0.3) is 0 Å². The van der Waals surface area contributed by atoms with Crippen molar-refractivity contribution in [1.29, 1.82) is 0 Å². The Morgan fingerprint density at radius 3 is 3.08 bits per heavy atom. The molecule has 0 spiro atoms. The Hall–Kier alpha value is -1.03. The molecule has 0 aliphatic rings. The van der Waals surface area contributed by atoms with Gasteiger partial charge in [-0.15, -0.1) is 11.6 Å². The fourth-order valence-electron chi connectivity index (χ4n) is 0.898. The van der Waals surface area contributed by atoms with E-state index < -0.39 is 0 Å². The van der Waals surface area contributed by atoms with Crippen molar-refractivity contribution < 1.29 is 0 Å². The van der Waals surface area contributed by atoms with Crippen LogP contribution in [0.3, 0.4) is 0 Å². The third kappa shape index (κ3) is 2.73. The van der Waals surface area contributed by atoms with Gasteiger partial charge in [0.15, 0.2) is 5.82 Å². The van der Waals surface area contributed by atoms with Crippen molar-refractivity contribution in [3.8, 4) is 0 Å². The summed E-state index contributed by atoms with van der Waals surface area (Å²) in [5.74, 6) is 0.793. The number of aromatic nitrogens is 2. The van der Waals surface area contributed by atoms with Gasteiger partial charge >= 0.3 is 0 Å². The molecule has 0 aliphatic heterocycles. The molecule has 13 heavy (non-hydrogen) atoms. The van der Waals surface area contributed by atoms with Crippen LogP contribution in [-0.2, 0) is 0 Å². The van der Waals surface area contributed by atoms with Crippen LogP contribution in [0, 0.1) is 0 Å². The van der Waals surface area contributed by atoms with Crippen molar-refractivity contribution in [2.45, 2.75) is 19.4 Å². The van der Waals surface area contributed by atoms with Crippen LogP contribution in [0.4, 0.5) is 5.82 Å². The summed E-state index contributed by atoms with van der Waals surface area (Å²) in [4.78, 5) is 17.6. The predicted molar refractivity (Wildman–Crippen MR) is 53.3 cm³/mol.